The number of ether oxygens (including phenoxy) is 1. The largest absolute Gasteiger partial charge is 0.462 e. The minimum absolute atomic E-state index is 0.0157. The third-order valence-electron chi connectivity index (χ3n) is 7.29. The topological polar surface area (TPSA) is 63.9 Å². The summed E-state index contributed by atoms with van der Waals surface area (Å²) in [5.41, 5.74) is 4.35. The Bertz CT molecular complexity index is 943. The smallest absolute Gasteiger partial charge is 0.318 e. The number of carbonyl (C=O) groups is 1. The molecule has 3 heterocycles. The van der Waals surface area contributed by atoms with Crippen LogP contribution < -0.4 is 0 Å². The Labute approximate surface area is 175 Å². The number of fused-ring (bicyclic) bond motifs is 6. The van der Waals surface area contributed by atoms with Crippen LogP contribution in [0.5, 0.6) is 0 Å². The number of aromatic nitrogens is 1. The van der Waals surface area contributed by atoms with Crippen molar-refractivity contribution >= 4 is 28.8 Å². The third-order valence-corrected chi connectivity index (χ3v) is 7.76. The van der Waals surface area contributed by atoms with Gasteiger partial charge >= 0.3 is 5.97 Å². The van der Waals surface area contributed by atoms with Crippen molar-refractivity contribution < 1.29 is 9.53 Å². The van der Waals surface area contributed by atoms with E-state index >= 15 is 0 Å². The standard InChI is InChI=1S/C22H27N3O3S/c1-24-19-5-3-2-4-17(19)18-8-9-25-12-14-6-7-16(28-21(26)13-29-23-27)10-15(14)11-20(25)22(18)24/h2-5,14-16,20H,6-13H2,1H3/t14?,15?,16-,20?/m0/s1. The van der Waals surface area contributed by atoms with Crippen LogP contribution in [0, 0.1) is 16.7 Å². The van der Waals surface area contributed by atoms with Gasteiger partial charge in [0.25, 0.3) is 0 Å². The molecule has 0 bridgehead atoms. The van der Waals surface area contributed by atoms with E-state index in [9.17, 15) is 9.70 Å². The Kier molecular flexibility index (Phi) is 5.12. The maximum Gasteiger partial charge on any atom is 0.318 e. The lowest BCUT2D eigenvalue weighted by Crippen LogP contribution is -2.48. The van der Waals surface area contributed by atoms with Crippen molar-refractivity contribution in [3.8, 4) is 0 Å². The van der Waals surface area contributed by atoms with Crippen molar-refractivity contribution in [2.24, 2.45) is 23.5 Å². The fraction of sp³-hybridized carbons (Fsp3) is 0.591. The zero-order chi connectivity index (χ0) is 20.0. The second kappa shape index (κ2) is 7.76. The van der Waals surface area contributed by atoms with Gasteiger partial charge in [0.05, 0.1) is 6.04 Å². The molecule has 1 aromatic carbocycles. The molecule has 0 spiro atoms. The molecule has 1 saturated heterocycles. The molecule has 1 saturated carbocycles. The number of nitrogens with zero attached hydrogens (tertiary/aromatic N) is 3. The highest BCUT2D eigenvalue weighted by Gasteiger charge is 2.43. The highest BCUT2D eigenvalue weighted by atomic mass is 32.2. The van der Waals surface area contributed by atoms with Gasteiger partial charge in [-0.05, 0) is 55.6 Å². The summed E-state index contributed by atoms with van der Waals surface area (Å²) < 4.78 is 10.7. The van der Waals surface area contributed by atoms with E-state index in [-0.39, 0.29) is 17.8 Å². The number of nitroso groups, excluding NO2 is 1. The minimum atomic E-state index is -0.316. The maximum atomic E-state index is 11.9. The van der Waals surface area contributed by atoms with Gasteiger partial charge < -0.3 is 9.30 Å². The molecule has 1 aliphatic carbocycles. The number of hydrogen-bond donors (Lipinski definition) is 0. The average molecular weight is 414 g/mol. The predicted octanol–water partition coefficient (Wildman–Crippen LogP) is 4.22. The number of piperidine rings is 1. The molecule has 4 atom stereocenters. The number of carbonyl (C=O) groups excluding carboxylic acids is 1. The van der Waals surface area contributed by atoms with Crippen LogP contribution in [-0.2, 0) is 23.0 Å². The summed E-state index contributed by atoms with van der Waals surface area (Å²) >= 11 is 0.724. The molecule has 6 nitrogen and oxygen atoms in total. The van der Waals surface area contributed by atoms with E-state index in [2.05, 4.69) is 45.4 Å². The molecule has 3 unspecified atom stereocenters. The fourth-order valence-corrected chi connectivity index (χ4v) is 6.28. The van der Waals surface area contributed by atoms with Crippen LogP contribution >= 0.6 is 11.9 Å². The number of hydrogen-bond acceptors (Lipinski definition) is 6. The van der Waals surface area contributed by atoms with E-state index in [1.54, 1.807) is 0 Å². The zero-order valence-electron chi connectivity index (χ0n) is 16.8. The third kappa shape index (κ3) is 3.38. The summed E-state index contributed by atoms with van der Waals surface area (Å²) in [4.78, 5) is 24.8. The van der Waals surface area contributed by atoms with Gasteiger partial charge in [0.2, 0.25) is 0 Å². The van der Waals surface area contributed by atoms with E-state index < -0.39 is 0 Å². The van der Waals surface area contributed by atoms with Gasteiger partial charge in [-0.25, -0.2) is 0 Å². The number of aryl methyl sites for hydroxylation is 1. The van der Waals surface area contributed by atoms with Crippen LogP contribution in [0.15, 0.2) is 28.8 Å². The summed E-state index contributed by atoms with van der Waals surface area (Å²) in [6.45, 7) is 2.30. The predicted molar refractivity (Wildman–Crippen MR) is 115 cm³/mol. The SMILES string of the molecule is Cn1c2c(c3ccccc31)CCN1CC3CC[C@H](OC(=O)CSN=O)CC3CC21. The number of para-hydroxylation sites is 1. The lowest BCUT2D eigenvalue weighted by atomic mass is 9.70. The summed E-state index contributed by atoms with van der Waals surface area (Å²) in [6, 6.07) is 9.22. The Hall–Kier alpha value is -1.86. The minimum Gasteiger partial charge on any atom is -0.462 e. The summed E-state index contributed by atoms with van der Waals surface area (Å²) in [5, 5.41) is 1.41. The fourth-order valence-electron chi connectivity index (χ4n) is 6.05. The first-order valence-corrected chi connectivity index (χ1v) is 11.5. The quantitative estimate of drug-likeness (QED) is 0.427. The number of esters is 1. The lowest BCUT2D eigenvalue weighted by Gasteiger charge is -2.49. The molecule has 29 heavy (non-hydrogen) atoms. The van der Waals surface area contributed by atoms with E-state index in [1.807, 2.05) is 0 Å². The highest BCUT2D eigenvalue weighted by Crippen LogP contribution is 2.48. The second-order valence-corrected chi connectivity index (χ2v) is 9.43. The monoisotopic (exact) mass is 413 g/mol. The van der Waals surface area contributed by atoms with Gasteiger partial charge in [0.1, 0.15) is 11.9 Å². The summed E-state index contributed by atoms with van der Waals surface area (Å²) in [5.74, 6) is 0.986. The Morgan fingerprint density at radius 3 is 2.97 bits per heavy atom. The summed E-state index contributed by atoms with van der Waals surface area (Å²) in [7, 11) is 2.21. The second-order valence-electron chi connectivity index (χ2n) is 8.73. The Morgan fingerprint density at radius 1 is 1.24 bits per heavy atom. The highest BCUT2D eigenvalue weighted by molar-refractivity contribution is 7.98. The van der Waals surface area contributed by atoms with E-state index in [0.29, 0.717) is 17.9 Å². The molecule has 7 heteroatoms. The molecule has 0 N–H and O–H groups in total. The normalized spacial score (nSPS) is 29.0. The molecular formula is C22H27N3O3S. The van der Waals surface area contributed by atoms with Crippen LogP contribution in [0.1, 0.15) is 43.0 Å². The molecule has 154 valence electrons. The molecule has 2 fully saturated rings. The van der Waals surface area contributed by atoms with Crippen molar-refractivity contribution in [2.75, 3.05) is 18.8 Å². The van der Waals surface area contributed by atoms with Crippen molar-refractivity contribution in [2.45, 2.75) is 44.2 Å². The molecule has 5 rings (SSSR count). The van der Waals surface area contributed by atoms with Crippen LogP contribution in [0.25, 0.3) is 10.9 Å². The lowest BCUT2D eigenvalue weighted by molar-refractivity contribution is -0.149. The molecule has 2 aliphatic heterocycles. The van der Waals surface area contributed by atoms with E-state index in [0.717, 1.165) is 57.1 Å². The molecule has 1 aromatic heterocycles. The van der Waals surface area contributed by atoms with Crippen molar-refractivity contribution in [1.82, 2.24) is 9.47 Å². The molecule has 0 radical (unpaired) electrons. The Balaban J connectivity index is 1.35. The van der Waals surface area contributed by atoms with Gasteiger partial charge in [-0.15, -0.1) is 4.91 Å². The molecule has 3 aliphatic rings. The van der Waals surface area contributed by atoms with E-state index in [4.69, 9.17) is 4.74 Å². The average Bonchev–Trinajstić information content (AvgIpc) is 3.03. The van der Waals surface area contributed by atoms with E-state index in [1.165, 1.54) is 22.2 Å². The van der Waals surface area contributed by atoms with Crippen molar-refractivity contribution in [3.63, 3.8) is 0 Å². The van der Waals surface area contributed by atoms with Crippen molar-refractivity contribution in [1.29, 1.82) is 0 Å². The molecule has 2 aromatic rings. The van der Waals surface area contributed by atoms with Gasteiger partial charge in [-0.2, -0.15) is 0 Å². The van der Waals surface area contributed by atoms with Crippen LogP contribution in [0.2, 0.25) is 0 Å². The number of rotatable bonds is 4. The molecule has 0 amide bonds. The van der Waals surface area contributed by atoms with Gasteiger partial charge in [-0.3, -0.25) is 9.69 Å². The van der Waals surface area contributed by atoms with Gasteiger partial charge in [0.15, 0.2) is 0 Å². The first-order valence-electron chi connectivity index (χ1n) is 10.6. The van der Waals surface area contributed by atoms with Crippen LogP contribution in [0.4, 0.5) is 0 Å². The number of benzene rings is 1. The van der Waals surface area contributed by atoms with Gasteiger partial charge in [-0.1, -0.05) is 18.2 Å². The summed E-state index contributed by atoms with van der Waals surface area (Å²) in [6.07, 6.45) is 5.25. The van der Waals surface area contributed by atoms with Gasteiger partial charge in [0, 0.05) is 53.3 Å². The first kappa shape index (κ1) is 19.1. The first-order chi connectivity index (χ1) is 14.2. The van der Waals surface area contributed by atoms with Crippen LogP contribution in [-0.4, -0.2) is 40.4 Å². The van der Waals surface area contributed by atoms with Crippen molar-refractivity contribution in [3.05, 3.63) is 40.4 Å². The molecular weight excluding hydrogens is 386 g/mol. The Morgan fingerprint density at radius 2 is 2.10 bits per heavy atom. The zero-order valence-corrected chi connectivity index (χ0v) is 17.6. The maximum absolute atomic E-state index is 11.9. The van der Waals surface area contributed by atoms with Crippen LogP contribution in [0.3, 0.4) is 0 Å².